The summed E-state index contributed by atoms with van der Waals surface area (Å²) in [5.41, 5.74) is 0. The van der Waals surface area contributed by atoms with E-state index in [1.54, 1.807) is 11.8 Å². The Morgan fingerprint density at radius 1 is 1.53 bits per heavy atom. The van der Waals surface area contributed by atoms with Crippen LogP contribution < -0.4 is 5.32 Å². The van der Waals surface area contributed by atoms with Gasteiger partial charge in [-0.25, -0.2) is 4.79 Å². The first-order chi connectivity index (χ1) is 8.19. The van der Waals surface area contributed by atoms with Gasteiger partial charge in [0.15, 0.2) is 0 Å². The van der Waals surface area contributed by atoms with Crippen LogP contribution in [0.5, 0.6) is 0 Å². The third-order valence-corrected chi connectivity index (χ3v) is 4.98. The molecule has 1 aliphatic rings. The summed E-state index contributed by atoms with van der Waals surface area (Å²) in [5, 5.41) is 11.8. The topological polar surface area (TPSA) is 66.4 Å². The summed E-state index contributed by atoms with van der Waals surface area (Å²) >= 11 is 1.70. The van der Waals surface area contributed by atoms with Crippen molar-refractivity contribution in [1.82, 2.24) is 5.32 Å². The third kappa shape index (κ3) is 4.58. The van der Waals surface area contributed by atoms with Crippen LogP contribution in [0, 0.1) is 5.92 Å². The first kappa shape index (κ1) is 14.4. The lowest BCUT2D eigenvalue weighted by molar-refractivity contribution is -0.139. The molecule has 0 aromatic heterocycles. The van der Waals surface area contributed by atoms with Crippen LogP contribution in [0.3, 0.4) is 0 Å². The molecule has 17 heavy (non-hydrogen) atoms. The van der Waals surface area contributed by atoms with Gasteiger partial charge in [0.25, 0.3) is 0 Å². The maximum absolute atomic E-state index is 10.9. The van der Waals surface area contributed by atoms with Crippen LogP contribution in [-0.4, -0.2) is 34.5 Å². The second-order valence-electron chi connectivity index (χ2n) is 4.50. The molecule has 5 heteroatoms. The molecule has 0 spiro atoms. The zero-order valence-electron chi connectivity index (χ0n) is 10.2. The molecule has 3 unspecified atom stereocenters. The average molecular weight is 259 g/mol. The first-order valence-corrected chi connectivity index (χ1v) is 7.28. The number of rotatable bonds is 7. The molecule has 1 saturated carbocycles. The Morgan fingerprint density at radius 3 is 2.82 bits per heavy atom. The lowest BCUT2D eigenvalue weighted by atomic mass is 9.87. The third-order valence-electron chi connectivity index (χ3n) is 3.41. The number of carboxylic acids is 1. The van der Waals surface area contributed by atoms with E-state index < -0.39 is 12.0 Å². The maximum atomic E-state index is 10.9. The normalized spacial score (nSPS) is 26.2. The molecule has 0 aromatic carbocycles. The van der Waals surface area contributed by atoms with Gasteiger partial charge in [-0.1, -0.05) is 26.2 Å². The van der Waals surface area contributed by atoms with Crippen LogP contribution in [0.4, 0.5) is 0 Å². The van der Waals surface area contributed by atoms with Gasteiger partial charge in [0.1, 0.15) is 6.04 Å². The molecule has 98 valence electrons. The van der Waals surface area contributed by atoms with Gasteiger partial charge in [-0.15, -0.1) is 0 Å². The van der Waals surface area contributed by atoms with Crippen LogP contribution >= 0.6 is 11.8 Å². The molecule has 3 atom stereocenters. The predicted octanol–water partition coefficient (Wildman–Crippen LogP) is 1.89. The monoisotopic (exact) mass is 259 g/mol. The minimum Gasteiger partial charge on any atom is -0.480 e. The van der Waals surface area contributed by atoms with E-state index in [4.69, 9.17) is 5.11 Å². The molecular weight excluding hydrogens is 238 g/mol. The highest BCUT2D eigenvalue weighted by Crippen LogP contribution is 2.35. The molecule has 1 amide bonds. The Hall–Kier alpha value is -0.710. The van der Waals surface area contributed by atoms with Crippen LogP contribution in [-0.2, 0) is 9.59 Å². The van der Waals surface area contributed by atoms with Gasteiger partial charge in [0, 0.05) is 11.0 Å². The Kier molecular flexibility index (Phi) is 6.40. The second-order valence-corrected chi connectivity index (χ2v) is 5.77. The number of amides is 1. The Labute approximate surface area is 107 Å². The van der Waals surface area contributed by atoms with Gasteiger partial charge in [-0.2, -0.15) is 11.8 Å². The Balaban J connectivity index is 2.40. The smallest absolute Gasteiger partial charge is 0.327 e. The van der Waals surface area contributed by atoms with E-state index in [-0.39, 0.29) is 0 Å². The highest BCUT2D eigenvalue weighted by molar-refractivity contribution is 8.00. The number of hydrogen-bond acceptors (Lipinski definition) is 3. The van der Waals surface area contributed by atoms with Crippen molar-refractivity contribution >= 4 is 24.1 Å². The van der Waals surface area contributed by atoms with Gasteiger partial charge >= 0.3 is 5.97 Å². The summed E-state index contributed by atoms with van der Waals surface area (Å²) in [6.45, 7) is 2.20. The highest BCUT2D eigenvalue weighted by atomic mass is 32.2. The van der Waals surface area contributed by atoms with E-state index >= 15 is 0 Å². The summed E-state index contributed by atoms with van der Waals surface area (Å²) in [7, 11) is 0. The molecule has 0 radical (unpaired) electrons. The standard InChI is InChI=1S/C12H21NO3S/c1-2-9-5-3-4-6-11(9)17-7-10(12(15)16)13-8-14/h8-11H,2-7H2,1H3,(H,13,14)(H,15,16). The van der Waals surface area contributed by atoms with Crippen molar-refractivity contribution in [1.29, 1.82) is 0 Å². The lowest BCUT2D eigenvalue weighted by Crippen LogP contribution is -2.39. The molecule has 0 saturated heterocycles. The van der Waals surface area contributed by atoms with E-state index in [2.05, 4.69) is 12.2 Å². The molecule has 0 heterocycles. The lowest BCUT2D eigenvalue weighted by Gasteiger charge is -2.30. The van der Waals surface area contributed by atoms with Gasteiger partial charge in [-0.05, 0) is 18.8 Å². The number of carbonyl (C=O) groups is 2. The van der Waals surface area contributed by atoms with E-state index in [1.165, 1.54) is 25.7 Å². The molecule has 1 rings (SSSR count). The Bertz CT molecular complexity index is 260. The van der Waals surface area contributed by atoms with Crippen molar-refractivity contribution in [3.05, 3.63) is 0 Å². The van der Waals surface area contributed by atoms with E-state index in [0.29, 0.717) is 23.3 Å². The maximum Gasteiger partial charge on any atom is 0.327 e. The quantitative estimate of drug-likeness (QED) is 0.685. The summed E-state index contributed by atoms with van der Waals surface area (Å²) < 4.78 is 0. The fourth-order valence-electron chi connectivity index (χ4n) is 2.35. The fraction of sp³-hybridized carbons (Fsp3) is 0.833. The van der Waals surface area contributed by atoms with Crippen molar-refractivity contribution in [3.63, 3.8) is 0 Å². The van der Waals surface area contributed by atoms with E-state index in [0.717, 1.165) is 6.42 Å². The minimum atomic E-state index is -0.951. The van der Waals surface area contributed by atoms with E-state index in [9.17, 15) is 9.59 Å². The summed E-state index contributed by atoms with van der Waals surface area (Å²) in [6.07, 6.45) is 6.61. The SMILES string of the molecule is CCC1CCCCC1SCC(NC=O)C(=O)O. The molecular formula is C12H21NO3S. The minimum absolute atomic E-state index is 0.468. The largest absolute Gasteiger partial charge is 0.480 e. The summed E-state index contributed by atoms with van der Waals surface area (Å²) in [6, 6.07) is -0.753. The number of carboxylic acid groups (broad SMARTS) is 1. The number of nitrogens with one attached hydrogen (secondary N) is 1. The zero-order chi connectivity index (χ0) is 12.7. The fourth-order valence-corrected chi connectivity index (χ4v) is 3.97. The molecule has 0 bridgehead atoms. The second kappa shape index (κ2) is 7.58. The van der Waals surface area contributed by atoms with Crippen molar-refractivity contribution < 1.29 is 14.7 Å². The van der Waals surface area contributed by atoms with Crippen molar-refractivity contribution in [3.8, 4) is 0 Å². The molecule has 2 N–H and O–H groups in total. The van der Waals surface area contributed by atoms with Crippen molar-refractivity contribution in [2.45, 2.75) is 50.3 Å². The van der Waals surface area contributed by atoms with Gasteiger partial charge in [0.05, 0.1) is 0 Å². The number of carbonyl (C=O) groups excluding carboxylic acids is 1. The Morgan fingerprint density at radius 2 is 2.24 bits per heavy atom. The average Bonchev–Trinajstić information content (AvgIpc) is 2.34. The molecule has 0 aliphatic heterocycles. The number of hydrogen-bond donors (Lipinski definition) is 2. The molecule has 1 fully saturated rings. The zero-order valence-corrected chi connectivity index (χ0v) is 11.0. The van der Waals surface area contributed by atoms with Gasteiger partial charge < -0.3 is 10.4 Å². The van der Waals surface area contributed by atoms with Crippen LogP contribution in [0.1, 0.15) is 39.0 Å². The van der Waals surface area contributed by atoms with Crippen LogP contribution in [0.2, 0.25) is 0 Å². The van der Waals surface area contributed by atoms with Crippen molar-refractivity contribution in [2.75, 3.05) is 5.75 Å². The highest BCUT2D eigenvalue weighted by Gasteiger charge is 2.26. The summed E-state index contributed by atoms with van der Waals surface area (Å²) in [5.74, 6) is 0.225. The van der Waals surface area contributed by atoms with Crippen LogP contribution in [0.15, 0.2) is 0 Å². The predicted molar refractivity (Wildman–Crippen MR) is 69.1 cm³/mol. The number of aliphatic carboxylic acids is 1. The van der Waals surface area contributed by atoms with Gasteiger partial charge in [0.2, 0.25) is 6.41 Å². The van der Waals surface area contributed by atoms with Crippen LogP contribution in [0.25, 0.3) is 0 Å². The molecule has 0 aromatic rings. The number of thioether (sulfide) groups is 1. The summed E-state index contributed by atoms with van der Waals surface area (Å²) in [4.78, 5) is 21.2. The molecule has 1 aliphatic carbocycles. The van der Waals surface area contributed by atoms with E-state index in [1.807, 2.05) is 0 Å². The first-order valence-electron chi connectivity index (χ1n) is 6.23. The van der Waals surface area contributed by atoms with Gasteiger partial charge in [-0.3, -0.25) is 4.79 Å². The molecule has 4 nitrogen and oxygen atoms in total. The van der Waals surface area contributed by atoms with Crippen molar-refractivity contribution in [2.24, 2.45) is 5.92 Å².